The number of likely N-dealkylation sites (tertiary alicyclic amines) is 2. The third-order valence-corrected chi connectivity index (χ3v) is 5.96. The number of piperidine rings is 1. The molecule has 2 fully saturated rings. The van der Waals surface area contributed by atoms with Crippen molar-refractivity contribution in [2.45, 2.75) is 44.2 Å². The fourth-order valence-electron chi connectivity index (χ4n) is 4.35. The summed E-state index contributed by atoms with van der Waals surface area (Å²) in [4.78, 5) is 17.3. The number of hydrogen-bond donors (Lipinski definition) is 1. The number of carbonyl (C=O) groups excluding carboxylic acids is 1. The van der Waals surface area contributed by atoms with Crippen LogP contribution in [0, 0.1) is 5.82 Å². The molecule has 2 saturated heterocycles. The average Bonchev–Trinajstić information content (AvgIpc) is 3.32. The number of H-pyrrole nitrogens is 1. The molecule has 0 aliphatic carbocycles. The number of rotatable bonds is 4. The van der Waals surface area contributed by atoms with E-state index in [9.17, 15) is 9.18 Å². The maximum Gasteiger partial charge on any atom is 0.240 e. The van der Waals surface area contributed by atoms with Gasteiger partial charge in [-0.15, -0.1) is 0 Å². The van der Waals surface area contributed by atoms with Crippen molar-refractivity contribution in [2.24, 2.45) is 0 Å². The Morgan fingerprint density at radius 1 is 1.12 bits per heavy atom. The van der Waals surface area contributed by atoms with Crippen LogP contribution in [0.1, 0.15) is 49.4 Å². The van der Waals surface area contributed by atoms with Crippen LogP contribution in [0.5, 0.6) is 0 Å². The van der Waals surface area contributed by atoms with Crippen molar-refractivity contribution >= 4 is 5.91 Å². The lowest BCUT2D eigenvalue weighted by molar-refractivity contribution is -0.134. The standard InChI is InChI=1S/C20H25FN4O/c1-14(15-2-4-17(21)5-3-15)25-13-9-19(20(25)26)24-11-7-16(8-12-24)18-6-10-22-23-18/h2-6,10,14,16,19H,7-9,11-13H2,1H3,(H,22,23)/t14-,19+/m0/s1. The Morgan fingerprint density at radius 2 is 1.85 bits per heavy atom. The van der Waals surface area contributed by atoms with Crippen molar-refractivity contribution in [3.05, 3.63) is 53.6 Å². The highest BCUT2D eigenvalue weighted by atomic mass is 19.1. The fraction of sp³-hybridized carbons (Fsp3) is 0.500. The summed E-state index contributed by atoms with van der Waals surface area (Å²) in [5.41, 5.74) is 2.19. The molecule has 138 valence electrons. The maximum atomic E-state index is 13.1. The van der Waals surface area contributed by atoms with Gasteiger partial charge in [0, 0.05) is 24.4 Å². The maximum absolute atomic E-state index is 13.1. The molecule has 1 aromatic heterocycles. The zero-order valence-corrected chi connectivity index (χ0v) is 15.1. The van der Waals surface area contributed by atoms with Gasteiger partial charge in [0.1, 0.15) is 5.82 Å². The van der Waals surface area contributed by atoms with E-state index in [1.54, 1.807) is 18.3 Å². The summed E-state index contributed by atoms with van der Waals surface area (Å²) in [6.07, 6.45) is 4.79. The Bertz CT molecular complexity index is 738. The molecular formula is C20H25FN4O. The van der Waals surface area contributed by atoms with E-state index in [0.717, 1.165) is 44.5 Å². The van der Waals surface area contributed by atoms with E-state index in [1.165, 1.54) is 17.8 Å². The van der Waals surface area contributed by atoms with Crippen molar-refractivity contribution in [2.75, 3.05) is 19.6 Å². The normalized spacial score (nSPS) is 23.5. The van der Waals surface area contributed by atoms with Crippen molar-refractivity contribution < 1.29 is 9.18 Å². The van der Waals surface area contributed by atoms with Crippen LogP contribution in [-0.2, 0) is 4.79 Å². The van der Waals surface area contributed by atoms with Crippen LogP contribution in [0.25, 0.3) is 0 Å². The molecule has 2 aliphatic heterocycles. The number of nitrogens with one attached hydrogen (secondary N) is 1. The summed E-state index contributed by atoms with van der Waals surface area (Å²) in [5.74, 6) is 0.480. The molecule has 2 aliphatic rings. The van der Waals surface area contributed by atoms with Crippen molar-refractivity contribution in [1.29, 1.82) is 0 Å². The van der Waals surface area contributed by atoms with Gasteiger partial charge in [-0.2, -0.15) is 5.10 Å². The number of benzene rings is 1. The van der Waals surface area contributed by atoms with E-state index >= 15 is 0 Å². The molecule has 5 nitrogen and oxygen atoms in total. The summed E-state index contributed by atoms with van der Waals surface area (Å²) in [6, 6.07) is 8.49. The molecule has 6 heteroatoms. The second kappa shape index (κ2) is 7.19. The Labute approximate surface area is 153 Å². The van der Waals surface area contributed by atoms with Gasteiger partial charge in [-0.1, -0.05) is 12.1 Å². The van der Waals surface area contributed by atoms with Gasteiger partial charge in [-0.25, -0.2) is 4.39 Å². The van der Waals surface area contributed by atoms with E-state index < -0.39 is 0 Å². The first-order valence-electron chi connectivity index (χ1n) is 9.43. The number of halogens is 1. The van der Waals surface area contributed by atoms with Crippen LogP contribution in [0.3, 0.4) is 0 Å². The Morgan fingerprint density at radius 3 is 2.50 bits per heavy atom. The molecule has 0 saturated carbocycles. The number of carbonyl (C=O) groups is 1. The third kappa shape index (κ3) is 3.26. The van der Waals surface area contributed by atoms with Crippen molar-refractivity contribution in [3.8, 4) is 0 Å². The minimum Gasteiger partial charge on any atom is -0.335 e. The van der Waals surface area contributed by atoms with E-state index in [4.69, 9.17) is 0 Å². The second-order valence-corrected chi connectivity index (χ2v) is 7.39. The summed E-state index contributed by atoms with van der Waals surface area (Å²) < 4.78 is 13.1. The molecule has 2 aromatic rings. The van der Waals surface area contributed by atoms with E-state index in [-0.39, 0.29) is 23.8 Å². The van der Waals surface area contributed by atoms with Crippen LogP contribution in [0.2, 0.25) is 0 Å². The highest BCUT2D eigenvalue weighted by Gasteiger charge is 2.39. The van der Waals surface area contributed by atoms with Crippen LogP contribution < -0.4 is 0 Å². The van der Waals surface area contributed by atoms with Gasteiger partial charge in [0.2, 0.25) is 5.91 Å². The first-order valence-corrected chi connectivity index (χ1v) is 9.43. The summed E-state index contributed by atoms with van der Waals surface area (Å²) in [5, 5.41) is 7.12. The molecule has 1 aromatic carbocycles. The van der Waals surface area contributed by atoms with Gasteiger partial charge in [-0.3, -0.25) is 14.8 Å². The van der Waals surface area contributed by atoms with Crippen LogP contribution in [0.4, 0.5) is 4.39 Å². The Balaban J connectivity index is 1.37. The fourth-order valence-corrected chi connectivity index (χ4v) is 4.35. The smallest absolute Gasteiger partial charge is 0.240 e. The highest BCUT2D eigenvalue weighted by Crippen LogP contribution is 2.32. The van der Waals surface area contributed by atoms with E-state index in [0.29, 0.717) is 5.92 Å². The first kappa shape index (κ1) is 17.2. The van der Waals surface area contributed by atoms with Gasteiger partial charge < -0.3 is 4.90 Å². The molecule has 0 radical (unpaired) electrons. The van der Waals surface area contributed by atoms with Gasteiger partial charge in [0.15, 0.2) is 0 Å². The lowest BCUT2D eigenvalue weighted by Crippen LogP contribution is -2.45. The highest BCUT2D eigenvalue weighted by molar-refractivity contribution is 5.84. The molecule has 26 heavy (non-hydrogen) atoms. The molecule has 1 amide bonds. The summed E-state index contributed by atoms with van der Waals surface area (Å²) >= 11 is 0. The van der Waals surface area contributed by atoms with Crippen LogP contribution in [0.15, 0.2) is 36.5 Å². The minimum absolute atomic E-state index is 0.0133. The van der Waals surface area contributed by atoms with E-state index in [2.05, 4.69) is 15.1 Å². The van der Waals surface area contributed by atoms with Crippen molar-refractivity contribution in [3.63, 3.8) is 0 Å². The average molecular weight is 356 g/mol. The number of aromatic amines is 1. The zero-order chi connectivity index (χ0) is 18.1. The van der Waals surface area contributed by atoms with Crippen LogP contribution >= 0.6 is 0 Å². The monoisotopic (exact) mass is 356 g/mol. The van der Waals surface area contributed by atoms with Crippen molar-refractivity contribution in [1.82, 2.24) is 20.0 Å². The molecule has 3 heterocycles. The molecular weight excluding hydrogens is 331 g/mol. The van der Waals surface area contributed by atoms with E-state index in [1.807, 2.05) is 17.9 Å². The number of amides is 1. The quantitative estimate of drug-likeness (QED) is 0.916. The molecule has 0 spiro atoms. The zero-order valence-electron chi connectivity index (χ0n) is 15.1. The van der Waals surface area contributed by atoms with Gasteiger partial charge >= 0.3 is 0 Å². The van der Waals surface area contributed by atoms with Gasteiger partial charge in [-0.05, 0) is 63.0 Å². The molecule has 4 rings (SSSR count). The van der Waals surface area contributed by atoms with Crippen LogP contribution in [-0.4, -0.2) is 51.6 Å². The van der Waals surface area contributed by atoms with Gasteiger partial charge in [0.25, 0.3) is 0 Å². The lowest BCUT2D eigenvalue weighted by Gasteiger charge is -2.35. The lowest BCUT2D eigenvalue weighted by atomic mass is 9.92. The Kier molecular flexibility index (Phi) is 4.76. The predicted molar refractivity (Wildman–Crippen MR) is 97.1 cm³/mol. The number of hydrogen-bond acceptors (Lipinski definition) is 3. The number of nitrogens with zero attached hydrogens (tertiary/aromatic N) is 3. The molecule has 0 bridgehead atoms. The SMILES string of the molecule is C[C@@H](c1ccc(F)cc1)N1CC[C@@H](N2CCC(c3ccn[nH]3)CC2)C1=O. The first-order chi connectivity index (χ1) is 12.6. The topological polar surface area (TPSA) is 52.2 Å². The summed E-state index contributed by atoms with van der Waals surface area (Å²) in [7, 11) is 0. The molecule has 0 unspecified atom stereocenters. The van der Waals surface area contributed by atoms with Gasteiger partial charge in [0.05, 0.1) is 12.1 Å². The minimum atomic E-state index is -0.244. The second-order valence-electron chi connectivity index (χ2n) is 7.39. The Hall–Kier alpha value is -2.21. The predicted octanol–water partition coefficient (Wildman–Crippen LogP) is 3.09. The largest absolute Gasteiger partial charge is 0.335 e. The third-order valence-electron chi connectivity index (χ3n) is 5.96. The number of aromatic nitrogens is 2. The molecule has 1 N–H and O–H groups in total. The summed E-state index contributed by atoms with van der Waals surface area (Å²) in [6.45, 7) is 4.68. The molecule has 2 atom stereocenters.